The van der Waals surface area contributed by atoms with Gasteiger partial charge in [-0.1, -0.05) is 6.07 Å². The average molecular weight is 405 g/mol. The first kappa shape index (κ1) is 25.0. The molecule has 0 aromatic heterocycles. The van der Waals surface area contributed by atoms with E-state index in [2.05, 4.69) is 31.6 Å². The summed E-state index contributed by atoms with van der Waals surface area (Å²) in [5, 5.41) is 4.66. The summed E-state index contributed by atoms with van der Waals surface area (Å²) in [6.07, 6.45) is -4.32. The van der Waals surface area contributed by atoms with Crippen LogP contribution in [0.3, 0.4) is 0 Å². The van der Waals surface area contributed by atoms with Crippen LogP contribution in [0.1, 0.15) is 12.0 Å². The first-order chi connectivity index (χ1) is 13.2. The van der Waals surface area contributed by atoms with E-state index in [-0.39, 0.29) is 24.3 Å². The molecule has 0 fully saturated rings. The van der Waals surface area contributed by atoms with E-state index in [1.165, 1.54) is 39.3 Å². The average Bonchev–Trinajstić information content (AvgIpc) is 2.96. The van der Waals surface area contributed by atoms with Gasteiger partial charge in [0.1, 0.15) is 6.04 Å². The largest absolute Gasteiger partial charge is 0.586 e. The molecule has 0 radical (unpaired) electrons. The van der Waals surface area contributed by atoms with Gasteiger partial charge in [0, 0.05) is 7.05 Å². The van der Waals surface area contributed by atoms with E-state index >= 15 is 0 Å². The van der Waals surface area contributed by atoms with Crippen molar-refractivity contribution in [2.45, 2.75) is 25.2 Å². The van der Waals surface area contributed by atoms with Crippen molar-refractivity contribution in [2.24, 2.45) is 17.2 Å². The molecule has 10 nitrogen and oxygen atoms in total. The third-order valence-corrected chi connectivity index (χ3v) is 3.13. The minimum atomic E-state index is -3.74. The minimum absolute atomic E-state index is 0.138. The molecule has 0 spiro atoms. The molecule has 0 saturated carbocycles. The third-order valence-electron chi connectivity index (χ3n) is 3.13. The lowest BCUT2D eigenvalue weighted by molar-refractivity contribution is -0.286. The molecule has 1 aliphatic rings. The molecule has 12 heteroatoms. The Morgan fingerprint density at radius 3 is 2.21 bits per heavy atom. The number of primary amides is 1. The van der Waals surface area contributed by atoms with Gasteiger partial charge in [-0.15, -0.1) is 8.78 Å². The van der Waals surface area contributed by atoms with E-state index in [0.717, 1.165) is 0 Å². The molecule has 0 bridgehead atoms. The van der Waals surface area contributed by atoms with E-state index in [1.54, 1.807) is 0 Å². The molecule has 1 heterocycles. The number of likely N-dealkylation sites (N-methyl/N-ethyl adjacent to an activating group) is 1. The highest BCUT2D eigenvalue weighted by Gasteiger charge is 2.43. The van der Waals surface area contributed by atoms with E-state index in [1.807, 2.05) is 0 Å². The Hall–Kier alpha value is -2.99. The molecule has 28 heavy (non-hydrogen) atoms. The van der Waals surface area contributed by atoms with Crippen molar-refractivity contribution in [3.05, 3.63) is 23.8 Å². The molecular formula is C16H25F2N5O5. The van der Waals surface area contributed by atoms with Crippen LogP contribution in [0.15, 0.2) is 18.2 Å². The molecule has 158 valence electrons. The number of ether oxygens (including phenoxy) is 2. The summed E-state index contributed by atoms with van der Waals surface area (Å²) >= 11 is 0. The molecule has 8 N–H and O–H groups in total. The van der Waals surface area contributed by atoms with Crippen LogP contribution in [0.5, 0.6) is 11.5 Å². The number of nitrogens with two attached hydrogens (primary N) is 3. The van der Waals surface area contributed by atoms with Crippen molar-refractivity contribution in [1.82, 2.24) is 10.6 Å². The fourth-order valence-electron chi connectivity index (χ4n) is 2.12. The third kappa shape index (κ3) is 7.72. The normalized spacial score (nSPS) is 13.7. The van der Waals surface area contributed by atoms with Crippen LogP contribution in [0, 0.1) is 0 Å². The summed E-state index contributed by atoms with van der Waals surface area (Å²) in [6.45, 7) is 0. The first-order valence-corrected chi connectivity index (χ1v) is 8.03. The van der Waals surface area contributed by atoms with Gasteiger partial charge in [-0.25, -0.2) is 0 Å². The zero-order valence-electron chi connectivity index (χ0n) is 15.8. The Bertz CT molecular complexity index is 687. The minimum Gasteiger partial charge on any atom is -0.395 e. The number of carbonyl (C=O) groups excluding carboxylic acids is 3. The van der Waals surface area contributed by atoms with Crippen molar-refractivity contribution in [2.75, 3.05) is 21.1 Å². The lowest BCUT2D eigenvalue weighted by atomic mass is 10.1. The molecule has 3 amide bonds. The lowest BCUT2D eigenvalue weighted by Gasteiger charge is -2.15. The quantitative estimate of drug-likeness (QED) is 0.396. The summed E-state index contributed by atoms with van der Waals surface area (Å²) in [5.74, 6) is -2.25. The van der Waals surface area contributed by atoms with Gasteiger partial charge in [0.15, 0.2) is 11.5 Å². The van der Waals surface area contributed by atoms with Crippen LogP contribution in [0.4, 0.5) is 8.78 Å². The molecule has 0 saturated heterocycles. The Labute approximate surface area is 160 Å². The van der Waals surface area contributed by atoms with Crippen LogP contribution in [0.2, 0.25) is 0 Å². The Balaban J connectivity index is 0.00000171. The number of hydrogen-bond donors (Lipinski definition) is 5. The predicted molar refractivity (Wildman–Crippen MR) is 96.4 cm³/mol. The zero-order valence-corrected chi connectivity index (χ0v) is 15.8. The number of rotatable bonds is 6. The van der Waals surface area contributed by atoms with Crippen LogP contribution < -0.4 is 37.3 Å². The smallest absolute Gasteiger partial charge is 0.395 e. The number of fused-ring (bicyclic) bond motifs is 1. The number of carbonyl (C=O) groups is 3. The maximum Gasteiger partial charge on any atom is 0.586 e. The molecule has 1 aliphatic heterocycles. The van der Waals surface area contributed by atoms with Crippen LogP contribution in [-0.2, 0) is 20.8 Å². The second-order valence-corrected chi connectivity index (χ2v) is 5.03. The van der Waals surface area contributed by atoms with Gasteiger partial charge >= 0.3 is 6.29 Å². The zero-order chi connectivity index (χ0) is 21.9. The van der Waals surface area contributed by atoms with Crippen LogP contribution >= 0.6 is 0 Å². The number of benzene rings is 1. The summed E-state index contributed by atoms with van der Waals surface area (Å²) < 4.78 is 34.4. The van der Waals surface area contributed by atoms with Gasteiger partial charge in [-0.3, -0.25) is 14.4 Å². The second kappa shape index (κ2) is 11.7. The molecule has 1 aromatic carbocycles. The monoisotopic (exact) mass is 405 g/mol. The Kier molecular flexibility index (Phi) is 10.4. The lowest BCUT2D eigenvalue weighted by Crippen LogP contribution is -2.48. The number of alkyl halides is 2. The molecule has 1 atom stereocenters. The van der Waals surface area contributed by atoms with Crippen molar-refractivity contribution in [1.29, 1.82) is 0 Å². The van der Waals surface area contributed by atoms with Crippen LogP contribution in [0.25, 0.3) is 0 Å². The molecular weight excluding hydrogens is 380 g/mol. The molecule has 0 aliphatic carbocycles. The first-order valence-electron chi connectivity index (χ1n) is 8.03. The highest BCUT2D eigenvalue weighted by atomic mass is 19.3. The van der Waals surface area contributed by atoms with E-state index in [9.17, 15) is 23.2 Å². The fourth-order valence-corrected chi connectivity index (χ4v) is 2.12. The summed E-state index contributed by atoms with van der Waals surface area (Å²) in [7, 11) is 4.35. The fraction of sp³-hybridized carbons (Fsp3) is 0.438. The summed E-state index contributed by atoms with van der Waals surface area (Å²) in [6, 6.07) is 2.78. The maximum absolute atomic E-state index is 12.9. The van der Waals surface area contributed by atoms with Crippen molar-refractivity contribution in [3.63, 3.8) is 0 Å². The maximum atomic E-state index is 12.9. The van der Waals surface area contributed by atoms with Gasteiger partial charge in [-0.2, -0.15) is 0 Å². The Morgan fingerprint density at radius 1 is 1.11 bits per heavy atom. The van der Waals surface area contributed by atoms with Crippen molar-refractivity contribution < 1.29 is 32.6 Å². The van der Waals surface area contributed by atoms with E-state index in [0.29, 0.717) is 5.56 Å². The number of amides is 3. The van der Waals surface area contributed by atoms with Crippen molar-refractivity contribution >= 4 is 17.7 Å². The van der Waals surface area contributed by atoms with Gasteiger partial charge < -0.3 is 37.3 Å². The van der Waals surface area contributed by atoms with Gasteiger partial charge in [0.2, 0.25) is 17.7 Å². The SMILES string of the molecule is CN.CN.CNC(=O)[C@H](CC(N)=O)NC(=O)Cc1ccc2c(c1)OC(F)(F)O2. The van der Waals surface area contributed by atoms with Gasteiger partial charge in [0.25, 0.3) is 0 Å². The van der Waals surface area contributed by atoms with Crippen LogP contribution in [-0.4, -0.2) is 51.2 Å². The summed E-state index contributed by atoms with van der Waals surface area (Å²) in [5.41, 5.74) is 14.4. The van der Waals surface area contributed by atoms with Gasteiger partial charge in [0.05, 0.1) is 12.8 Å². The number of halogens is 2. The second-order valence-electron chi connectivity index (χ2n) is 5.03. The number of nitrogens with one attached hydrogen (secondary N) is 2. The summed E-state index contributed by atoms with van der Waals surface area (Å²) in [4.78, 5) is 34.5. The van der Waals surface area contributed by atoms with Crippen molar-refractivity contribution in [3.8, 4) is 11.5 Å². The highest BCUT2D eigenvalue weighted by Crippen LogP contribution is 2.41. The topological polar surface area (TPSA) is 172 Å². The Morgan fingerprint density at radius 2 is 1.68 bits per heavy atom. The molecule has 0 unspecified atom stereocenters. The molecule has 1 aromatic rings. The molecule has 2 rings (SSSR count). The van der Waals surface area contributed by atoms with E-state index in [4.69, 9.17) is 5.73 Å². The predicted octanol–water partition coefficient (Wildman–Crippen LogP) is -1.19. The van der Waals surface area contributed by atoms with E-state index < -0.39 is 30.1 Å². The van der Waals surface area contributed by atoms with Gasteiger partial charge in [-0.05, 0) is 31.8 Å². The number of hydrogen-bond acceptors (Lipinski definition) is 7. The standard InChI is InChI=1S/C14H15F2N3O5.2CH5N/c1-18-13(22)8(6-11(17)20)19-12(21)5-7-2-3-9-10(4-7)24-14(15,16)23-9;2*1-2/h2-4,8H,5-6H2,1H3,(H2,17,20)(H,18,22)(H,19,21);2*2H2,1H3/t8-;;/m0../s1. The highest BCUT2D eigenvalue weighted by molar-refractivity contribution is 5.92.